The molecule has 1 N–H and O–H groups in total. The first-order chi connectivity index (χ1) is 18.0. The molecule has 4 rings (SSSR count). The molecule has 2 heterocycles. The average Bonchev–Trinajstić information content (AvgIpc) is 3.35. The number of fused-ring (bicyclic) bond motifs is 1. The second-order valence-corrected chi connectivity index (χ2v) is 9.47. The van der Waals surface area contributed by atoms with E-state index in [2.05, 4.69) is 78.1 Å². The molecule has 5 nitrogen and oxygen atoms in total. The van der Waals surface area contributed by atoms with E-state index in [4.69, 9.17) is 0 Å². The van der Waals surface area contributed by atoms with E-state index < -0.39 is 0 Å². The zero-order chi connectivity index (χ0) is 26.6. The SMILES string of the molecule is CCCCCCC.CCc1cccc(-c2ccc3c(c2)CCN3C(=NC(C)=O)c2cccnc2CO)c1. The summed E-state index contributed by atoms with van der Waals surface area (Å²) in [6, 6.07) is 18.7. The molecule has 196 valence electrons. The fourth-order valence-electron chi connectivity index (χ4n) is 4.63. The maximum atomic E-state index is 11.9. The molecular weight excluding hydrogens is 458 g/mol. The van der Waals surface area contributed by atoms with Crippen molar-refractivity contribution in [3.05, 3.63) is 83.2 Å². The van der Waals surface area contributed by atoms with Gasteiger partial charge >= 0.3 is 0 Å². The summed E-state index contributed by atoms with van der Waals surface area (Å²) in [5, 5.41) is 9.72. The van der Waals surface area contributed by atoms with Crippen LogP contribution in [0.4, 0.5) is 5.69 Å². The number of aliphatic hydroxyl groups excluding tert-OH is 1. The molecule has 0 bridgehead atoms. The number of hydrogen-bond donors (Lipinski definition) is 1. The Balaban J connectivity index is 0.000000479. The third kappa shape index (κ3) is 7.59. The number of carbonyl (C=O) groups is 1. The standard InChI is InChI=1S/C25H25N3O2.C7H16/c1-3-18-6-4-7-19(14-18)20-9-10-24-21(15-20)11-13-28(24)25(27-17(2)30)22-8-5-12-26-23(22)16-29;1-3-5-7-6-4-2/h4-10,12,14-15,29H,3,11,13,16H2,1-2H3;3-7H2,1-2H3. The number of amides is 1. The molecule has 1 aliphatic heterocycles. The van der Waals surface area contributed by atoms with E-state index >= 15 is 0 Å². The van der Waals surface area contributed by atoms with Gasteiger partial charge in [0.2, 0.25) is 5.91 Å². The molecule has 3 aromatic rings. The zero-order valence-corrected chi connectivity index (χ0v) is 22.8. The maximum absolute atomic E-state index is 11.9. The Morgan fingerprint density at radius 2 is 1.73 bits per heavy atom. The van der Waals surface area contributed by atoms with Gasteiger partial charge in [0.15, 0.2) is 0 Å². The Hall–Kier alpha value is -3.31. The topological polar surface area (TPSA) is 65.8 Å². The number of hydrogen-bond acceptors (Lipinski definition) is 3. The summed E-state index contributed by atoms with van der Waals surface area (Å²) in [5.41, 5.74) is 7.18. The maximum Gasteiger partial charge on any atom is 0.244 e. The number of rotatable bonds is 8. The van der Waals surface area contributed by atoms with Gasteiger partial charge in [-0.3, -0.25) is 9.78 Å². The van der Waals surface area contributed by atoms with Crippen LogP contribution in [0.1, 0.15) is 82.2 Å². The van der Waals surface area contributed by atoms with Crippen LogP contribution in [0.3, 0.4) is 0 Å². The Labute approximate surface area is 222 Å². The van der Waals surface area contributed by atoms with Crippen LogP contribution in [0.25, 0.3) is 11.1 Å². The average molecular weight is 500 g/mol. The summed E-state index contributed by atoms with van der Waals surface area (Å²) < 4.78 is 0. The smallest absolute Gasteiger partial charge is 0.244 e. The van der Waals surface area contributed by atoms with E-state index in [9.17, 15) is 9.90 Å². The summed E-state index contributed by atoms with van der Waals surface area (Å²) in [5.74, 6) is 0.262. The lowest BCUT2D eigenvalue weighted by Gasteiger charge is -2.23. The van der Waals surface area contributed by atoms with Crippen molar-refractivity contribution in [1.82, 2.24) is 4.98 Å². The highest BCUT2D eigenvalue weighted by atomic mass is 16.3. The Bertz CT molecular complexity index is 1200. The van der Waals surface area contributed by atoms with Gasteiger partial charge in [-0.1, -0.05) is 83.2 Å². The van der Waals surface area contributed by atoms with Crippen LogP contribution in [-0.4, -0.2) is 28.4 Å². The molecule has 0 aliphatic carbocycles. The second-order valence-electron chi connectivity index (χ2n) is 9.47. The number of unbranched alkanes of at least 4 members (excludes halogenated alkanes) is 4. The first-order valence-electron chi connectivity index (χ1n) is 13.7. The van der Waals surface area contributed by atoms with Gasteiger partial charge in [-0.2, -0.15) is 4.99 Å². The number of aromatic nitrogens is 1. The van der Waals surface area contributed by atoms with E-state index in [-0.39, 0.29) is 12.5 Å². The molecule has 1 amide bonds. The van der Waals surface area contributed by atoms with Gasteiger partial charge in [0.1, 0.15) is 5.84 Å². The van der Waals surface area contributed by atoms with Crippen LogP contribution in [0.15, 0.2) is 65.8 Å². The Morgan fingerprint density at radius 1 is 0.973 bits per heavy atom. The van der Waals surface area contributed by atoms with Gasteiger partial charge in [-0.15, -0.1) is 0 Å². The van der Waals surface area contributed by atoms with Crippen molar-refractivity contribution < 1.29 is 9.90 Å². The fraction of sp³-hybridized carbons (Fsp3) is 0.406. The van der Waals surface area contributed by atoms with Crippen molar-refractivity contribution in [1.29, 1.82) is 0 Å². The van der Waals surface area contributed by atoms with E-state index in [1.807, 2.05) is 6.07 Å². The van der Waals surface area contributed by atoms with Gasteiger partial charge < -0.3 is 10.0 Å². The number of carbonyl (C=O) groups excluding carboxylic acids is 1. The normalized spacial score (nSPS) is 12.7. The largest absolute Gasteiger partial charge is 0.390 e. The molecule has 0 atom stereocenters. The lowest BCUT2D eigenvalue weighted by molar-refractivity contribution is -0.115. The molecular formula is C32H41N3O2. The monoisotopic (exact) mass is 499 g/mol. The Kier molecular flexibility index (Phi) is 11.0. The summed E-state index contributed by atoms with van der Waals surface area (Å²) in [6.45, 7) is 8.61. The fourth-order valence-corrected chi connectivity index (χ4v) is 4.63. The molecule has 5 heteroatoms. The molecule has 0 unspecified atom stereocenters. The third-order valence-electron chi connectivity index (χ3n) is 6.65. The molecule has 2 aromatic carbocycles. The molecule has 0 fully saturated rings. The zero-order valence-electron chi connectivity index (χ0n) is 22.8. The molecule has 0 radical (unpaired) electrons. The van der Waals surface area contributed by atoms with Crippen molar-refractivity contribution in [3.8, 4) is 11.1 Å². The highest BCUT2D eigenvalue weighted by Crippen LogP contribution is 2.34. The molecule has 37 heavy (non-hydrogen) atoms. The van der Waals surface area contributed by atoms with Crippen LogP contribution in [0, 0.1) is 0 Å². The van der Waals surface area contributed by atoms with E-state index in [1.54, 1.807) is 12.3 Å². The first-order valence-corrected chi connectivity index (χ1v) is 13.7. The molecule has 1 aromatic heterocycles. The van der Waals surface area contributed by atoms with Crippen molar-refractivity contribution >= 4 is 17.4 Å². The van der Waals surface area contributed by atoms with Crippen LogP contribution < -0.4 is 4.90 Å². The number of benzene rings is 2. The van der Waals surface area contributed by atoms with E-state index in [0.29, 0.717) is 17.1 Å². The summed E-state index contributed by atoms with van der Waals surface area (Å²) >= 11 is 0. The second kappa shape index (κ2) is 14.4. The van der Waals surface area contributed by atoms with Crippen LogP contribution in [-0.2, 0) is 24.2 Å². The van der Waals surface area contributed by atoms with Crippen molar-refractivity contribution in [2.75, 3.05) is 11.4 Å². The number of nitrogens with zero attached hydrogens (tertiary/aromatic N) is 3. The predicted molar refractivity (Wildman–Crippen MR) is 154 cm³/mol. The number of aliphatic imine (C=N–C) groups is 1. The highest BCUT2D eigenvalue weighted by molar-refractivity contribution is 6.15. The summed E-state index contributed by atoms with van der Waals surface area (Å²) in [4.78, 5) is 22.5. The number of amidine groups is 1. The molecule has 0 spiro atoms. The molecule has 0 saturated carbocycles. The predicted octanol–water partition coefficient (Wildman–Crippen LogP) is 7.14. The lowest BCUT2D eigenvalue weighted by atomic mass is 9.99. The van der Waals surface area contributed by atoms with Crippen LogP contribution >= 0.6 is 0 Å². The number of aryl methyl sites for hydroxylation is 1. The van der Waals surface area contributed by atoms with Crippen molar-refractivity contribution in [3.63, 3.8) is 0 Å². The minimum atomic E-state index is -0.279. The quantitative estimate of drug-likeness (QED) is 0.203. The lowest BCUT2D eigenvalue weighted by Crippen LogP contribution is -2.31. The summed E-state index contributed by atoms with van der Waals surface area (Å²) in [7, 11) is 0. The van der Waals surface area contributed by atoms with Gasteiger partial charge in [0.25, 0.3) is 0 Å². The van der Waals surface area contributed by atoms with Gasteiger partial charge in [-0.25, -0.2) is 0 Å². The Morgan fingerprint density at radius 3 is 2.41 bits per heavy atom. The van der Waals surface area contributed by atoms with Crippen LogP contribution in [0.2, 0.25) is 0 Å². The van der Waals surface area contributed by atoms with Crippen LogP contribution in [0.5, 0.6) is 0 Å². The number of pyridine rings is 1. The van der Waals surface area contributed by atoms with E-state index in [0.717, 1.165) is 25.1 Å². The minimum absolute atomic E-state index is 0.208. The highest BCUT2D eigenvalue weighted by Gasteiger charge is 2.26. The van der Waals surface area contributed by atoms with Crippen molar-refractivity contribution in [2.45, 2.75) is 79.2 Å². The molecule has 0 saturated heterocycles. The minimum Gasteiger partial charge on any atom is -0.390 e. The van der Waals surface area contributed by atoms with Gasteiger partial charge in [0.05, 0.1) is 12.3 Å². The molecule has 1 aliphatic rings. The third-order valence-corrected chi connectivity index (χ3v) is 6.65. The van der Waals surface area contributed by atoms with Crippen molar-refractivity contribution in [2.24, 2.45) is 4.99 Å². The number of anilines is 1. The van der Waals surface area contributed by atoms with Gasteiger partial charge in [-0.05, 0) is 59.4 Å². The summed E-state index contributed by atoms with van der Waals surface area (Å²) in [6.07, 6.45) is 10.5. The number of aliphatic hydroxyl groups is 1. The van der Waals surface area contributed by atoms with E-state index in [1.165, 1.54) is 61.3 Å². The first kappa shape index (κ1) is 28.3. The van der Waals surface area contributed by atoms with Gasteiger partial charge in [0, 0.05) is 30.9 Å².